The first kappa shape index (κ1) is 22.8. The van der Waals surface area contributed by atoms with Crippen molar-refractivity contribution in [2.75, 3.05) is 48.3 Å². The molecule has 0 radical (unpaired) electrons. The maximum absolute atomic E-state index is 12.8. The number of nitrogens with zero attached hydrogens (tertiary/aromatic N) is 8. The highest BCUT2D eigenvalue weighted by Gasteiger charge is 2.28. The van der Waals surface area contributed by atoms with Crippen LogP contribution >= 0.6 is 11.6 Å². The number of aliphatic hydroxyl groups excluding tert-OH is 1. The third-order valence-corrected chi connectivity index (χ3v) is 6.21. The molecule has 0 spiro atoms. The van der Waals surface area contributed by atoms with Gasteiger partial charge in [-0.05, 0) is 25.0 Å². The van der Waals surface area contributed by atoms with E-state index in [-0.39, 0.29) is 35.8 Å². The smallest absolute Gasteiger partial charge is 0.275 e. The summed E-state index contributed by atoms with van der Waals surface area (Å²) in [5, 5.41) is 29.8. The molecular weight excluding hydrogens is 472 g/mol. The Morgan fingerprint density at radius 3 is 2.86 bits per heavy atom. The summed E-state index contributed by atoms with van der Waals surface area (Å²) >= 11 is 6.72. The molecule has 35 heavy (non-hydrogen) atoms. The fourth-order valence-corrected chi connectivity index (χ4v) is 4.17. The van der Waals surface area contributed by atoms with Crippen molar-refractivity contribution in [3.63, 3.8) is 0 Å². The molecule has 1 aliphatic carbocycles. The zero-order chi connectivity index (χ0) is 24.5. The lowest BCUT2D eigenvalue weighted by Gasteiger charge is -2.34. The average molecular weight is 493 g/mol. The molecular formula is C22H21ClN10O2. The monoisotopic (exact) mass is 492 g/mol. The third kappa shape index (κ3) is 4.55. The fourth-order valence-electron chi connectivity index (χ4n) is 3.91. The first-order valence-electron chi connectivity index (χ1n) is 11.0. The standard InChI is InChI=1S/C22H21ClN10O2/c1-25-17-11-26-21-20(27-14-2-3-14)29-22(30-33(17)21)28-15-8-13(10-24)9-16(19(15)23)32-5-4-31(6-7-34)12-18(32)35/h8-9,11,14,34H,2-7,12H2,(H2,27,28,29,30). The van der Waals surface area contributed by atoms with Gasteiger partial charge in [-0.15, -0.1) is 4.52 Å². The molecule has 178 valence electrons. The number of anilines is 4. The highest BCUT2D eigenvalue weighted by molar-refractivity contribution is 6.36. The molecule has 2 aromatic heterocycles. The van der Waals surface area contributed by atoms with Crippen LogP contribution in [0.25, 0.3) is 10.5 Å². The first-order valence-corrected chi connectivity index (χ1v) is 11.4. The van der Waals surface area contributed by atoms with Gasteiger partial charge in [-0.3, -0.25) is 9.69 Å². The van der Waals surface area contributed by atoms with Crippen LogP contribution in [0.5, 0.6) is 0 Å². The van der Waals surface area contributed by atoms with Crippen LogP contribution < -0.4 is 15.5 Å². The second-order valence-corrected chi connectivity index (χ2v) is 8.68. The Morgan fingerprint density at radius 2 is 2.17 bits per heavy atom. The Labute approximate surface area is 205 Å². The van der Waals surface area contributed by atoms with E-state index in [1.807, 2.05) is 4.90 Å². The second-order valence-electron chi connectivity index (χ2n) is 8.31. The van der Waals surface area contributed by atoms with E-state index >= 15 is 0 Å². The van der Waals surface area contributed by atoms with Gasteiger partial charge in [-0.25, -0.2) is 4.98 Å². The number of halogens is 1. The highest BCUT2D eigenvalue weighted by Crippen LogP contribution is 2.37. The van der Waals surface area contributed by atoms with E-state index in [1.54, 1.807) is 17.0 Å². The maximum Gasteiger partial charge on any atom is 0.275 e. The largest absolute Gasteiger partial charge is 0.395 e. The third-order valence-electron chi connectivity index (χ3n) is 5.81. The van der Waals surface area contributed by atoms with Gasteiger partial charge >= 0.3 is 0 Å². The molecule has 13 heteroatoms. The van der Waals surface area contributed by atoms with Crippen LogP contribution in [-0.4, -0.2) is 74.3 Å². The number of nitriles is 1. The number of amides is 1. The molecule has 2 aliphatic rings. The summed E-state index contributed by atoms with van der Waals surface area (Å²) in [6, 6.07) is 5.53. The number of β-amino-alcohol motifs (C(OH)–C–C–N with tert-alkyl or cyclic N) is 1. The molecule has 1 saturated heterocycles. The Hall–Kier alpha value is -3.97. The van der Waals surface area contributed by atoms with Crippen molar-refractivity contribution in [3.05, 3.63) is 40.3 Å². The molecule has 1 aliphatic heterocycles. The number of benzene rings is 1. The zero-order valence-corrected chi connectivity index (χ0v) is 19.3. The summed E-state index contributed by atoms with van der Waals surface area (Å²) < 4.78 is 1.40. The molecule has 0 bridgehead atoms. The molecule has 1 saturated carbocycles. The van der Waals surface area contributed by atoms with Gasteiger partial charge in [0.05, 0.1) is 47.4 Å². The lowest BCUT2D eigenvalue weighted by Crippen LogP contribution is -2.51. The molecule has 2 fully saturated rings. The maximum atomic E-state index is 12.8. The lowest BCUT2D eigenvalue weighted by atomic mass is 10.1. The number of rotatable bonds is 7. The van der Waals surface area contributed by atoms with Gasteiger partial charge in [-0.1, -0.05) is 23.3 Å². The Balaban J connectivity index is 1.51. The molecule has 0 unspecified atom stereocenters. The number of carbonyl (C=O) groups is 1. The quantitative estimate of drug-likeness (QED) is 0.423. The second kappa shape index (κ2) is 9.35. The molecule has 12 nitrogen and oxygen atoms in total. The normalized spacial score (nSPS) is 16.2. The van der Waals surface area contributed by atoms with Crippen molar-refractivity contribution in [2.45, 2.75) is 18.9 Å². The van der Waals surface area contributed by atoms with Crippen LogP contribution in [0, 0.1) is 17.9 Å². The van der Waals surface area contributed by atoms with E-state index < -0.39 is 0 Å². The summed E-state index contributed by atoms with van der Waals surface area (Å²) in [7, 11) is 0. The van der Waals surface area contributed by atoms with Crippen molar-refractivity contribution in [2.24, 2.45) is 0 Å². The lowest BCUT2D eigenvalue weighted by molar-refractivity contribution is -0.121. The Kier molecular flexibility index (Phi) is 6.09. The summed E-state index contributed by atoms with van der Waals surface area (Å²) in [4.78, 5) is 28.5. The molecule has 1 amide bonds. The number of carbonyl (C=O) groups excluding carboxylic acids is 1. The van der Waals surface area contributed by atoms with Crippen LogP contribution in [0.15, 0.2) is 18.3 Å². The number of aromatic nitrogens is 4. The topological polar surface area (TPSA) is 139 Å². The number of hydrogen-bond donors (Lipinski definition) is 3. The minimum Gasteiger partial charge on any atom is -0.395 e. The van der Waals surface area contributed by atoms with E-state index in [4.69, 9.17) is 23.3 Å². The summed E-state index contributed by atoms with van der Waals surface area (Å²) in [6.45, 7) is 8.87. The average Bonchev–Trinajstić information content (AvgIpc) is 3.57. The predicted molar refractivity (Wildman–Crippen MR) is 129 cm³/mol. The molecule has 3 heterocycles. The van der Waals surface area contributed by atoms with Gasteiger partial charge in [0.1, 0.15) is 0 Å². The summed E-state index contributed by atoms with van der Waals surface area (Å²) in [5.41, 5.74) is 1.51. The van der Waals surface area contributed by atoms with Crippen molar-refractivity contribution in [1.82, 2.24) is 24.5 Å². The molecule has 0 atom stereocenters. The van der Waals surface area contributed by atoms with E-state index in [0.717, 1.165) is 12.8 Å². The van der Waals surface area contributed by atoms with E-state index in [1.165, 1.54) is 10.7 Å². The predicted octanol–water partition coefficient (Wildman–Crippen LogP) is 2.16. The summed E-state index contributed by atoms with van der Waals surface area (Å²) in [5.74, 6) is 0.697. The summed E-state index contributed by atoms with van der Waals surface area (Å²) in [6.07, 6.45) is 3.48. The van der Waals surface area contributed by atoms with Crippen molar-refractivity contribution in [1.29, 1.82) is 5.26 Å². The van der Waals surface area contributed by atoms with Gasteiger partial charge in [0.2, 0.25) is 5.91 Å². The highest BCUT2D eigenvalue weighted by atomic mass is 35.5. The molecule has 5 rings (SSSR count). The molecule has 3 aromatic rings. The SMILES string of the molecule is [C-]#[N+]c1cnc2c(NC3CC3)nc(Nc3cc(C#N)cc(N4CCN(CCO)CC4=O)c3Cl)nn12. The van der Waals surface area contributed by atoms with Gasteiger partial charge in [0, 0.05) is 25.7 Å². The molecule has 3 N–H and O–H groups in total. The number of piperazine rings is 1. The van der Waals surface area contributed by atoms with Crippen molar-refractivity contribution < 1.29 is 9.90 Å². The van der Waals surface area contributed by atoms with Gasteiger partial charge in [0.15, 0.2) is 5.82 Å². The number of hydrogen-bond acceptors (Lipinski definition) is 9. The van der Waals surface area contributed by atoms with Gasteiger partial charge in [-0.2, -0.15) is 10.2 Å². The number of imidazole rings is 1. The van der Waals surface area contributed by atoms with Crippen LogP contribution in [0.3, 0.4) is 0 Å². The van der Waals surface area contributed by atoms with Crippen molar-refractivity contribution in [3.8, 4) is 6.07 Å². The van der Waals surface area contributed by atoms with Crippen LogP contribution in [0.4, 0.5) is 29.0 Å². The fraction of sp³-hybridized carbons (Fsp3) is 0.364. The van der Waals surface area contributed by atoms with E-state index in [9.17, 15) is 10.1 Å². The van der Waals surface area contributed by atoms with Gasteiger partial charge < -0.3 is 25.5 Å². The Morgan fingerprint density at radius 1 is 1.34 bits per heavy atom. The van der Waals surface area contributed by atoms with Crippen molar-refractivity contribution >= 4 is 52.1 Å². The van der Waals surface area contributed by atoms with E-state index in [2.05, 4.69) is 36.6 Å². The molecule has 1 aromatic carbocycles. The van der Waals surface area contributed by atoms with Crippen LogP contribution in [-0.2, 0) is 4.79 Å². The Bertz CT molecular complexity index is 1390. The van der Waals surface area contributed by atoms with Gasteiger partial charge in [0.25, 0.3) is 17.4 Å². The zero-order valence-electron chi connectivity index (χ0n) is 18.6. The first-order chi connectivity index (χ1) is 17.0. The van der Waals surface area contributed by atoms with Crippen LogP contribution in [0.1, 0.15) is 18.4 Å². The number of aliphatic hydroxyl groups is 1. The number of fused-ring (bicyclic) bond motifs is 1. The van der Waals surface area contributed by atoms with E-state index in [0.29, 0.717) is 54.1 Å². The van der Waals surface area contributed by atoms with Crippen LogP contribution in [0.2, 0.25) is 5.02 Å². The minimum absolute atomic E-state index is 0.0277. The number of nitrogens with one attached hydrogen (secondary N) is 2. The minimum atomic E-state index is -0.179.